The third kappa shape index (κ3) is 5.20. The summed E-state index contributed by atoms with van der Waals surface area (Å²) in [5.74, 6) is 0.643. The number of hydrogen-bond donors (Lipinski definition) is 2. The number of benzene rings is 2. The topological polar surface area (TPSA) is 67.4 Å². The molecule has 1 aliphatic carbocycles. The first-order valence-corrected chi connectivity index (χ1v) is 12.9. The van der Waals surface area contributed by atoms with Crippen molar-refractivity contribution in [2.45, 2.75) is 40.0 Å². The van der Waals surface area contributed by atoms with Crippen molar-refractivity contribution in [2.24, 2.45) is 11.3 Å². The van der Waals surface area contributed by atoms with Gasteiger partial charge in [-0.05, 0) is 66.5 Å². The predicted octanol–water partition coefficient (Wildman–Crippen LogP) is 7.17. The normalized spacial score (nSPS) is 15.4. The molecule has 7 heteroatoms. The van der Waals surface area contributed by atoms with Crippen molar-refractivity contribution in [1.82, 2.24) is 0 Å². The largest absolute Gasteiger partial charge is 0.495 e. The predicted molar refractivity (Wildman–Crippen MR) is 142 cm³/mol. The van der Waals surface area contributed by atoms with E-state index in [1.807, 2.05) is 36.4 Å². The van der Waals surface area contributed by atoms with E-state index in [4.69, 9.17) is 4.74 Å². The Morgan fingerprint density at radius 2 is 1.82 bits per heavy atom. The minimum absolute atomic E-state index is 0.182. The second-order valence-electron chi connectivity index (χ2n) is 9.63. The molecule has 0 aliphatic heterocycles. The summed E-state index contributed by atoms with van der Waals surface area (Å²) in [7, 11) is 1.58. The Balaban J connectivity index is 1.70. The van der Waals surface area contributed by atoms with Gasteiger partial charge in [-0.25, -0.2) is 0 Å². The van der Waals surface area contributed by atoms with Crippen LogP contribution in [-0.4, -0.2) is 18.9 Å². The third-order valence-electron chi connectivity index (χ3n) is 6.39. The van der Waals surface area contributed by atoms with Gasteiger partial charge in [-0.2, -0.15) is 0 Å². The van der Waals surface area contributed by atoms with Gasteiger partial charge in [0.15, 0.2) is 0 Å². The Labute approximate surface area is 213 Å². The standard InChI is InChI=1S/C27H29BrN2O3S/c1-27(2,3)17-12-13-19-22(15-17)34-26(30-24(31)16-8-7-9-18(28)14-16)23(19)25(32)29-20-10-5-6-11-21(20)33-4/h5-11,14,17H,12-13,15H2,1-4H3,(H,29,32)(H,30,31). The van der Waals surface area contributed by atoms with E-state index in [-0.39, 0.29) is 17.2 Å². The zero-order valence-electron chi connectivity index (χ0n) is 19.8. The van der Waals surface area contributed by atoms with E-state index < -0.39 is 0 Å². The lowest BCUT2D eigenvalue weighted by molar-refractivity contribution is 0.102. The van der Waals surface area contributed by atoms with Crippen LogP contribution in [0.3, 0.4) is 0 Å². The Kier molecular flexibility index (Phi) is 7.14. The summed E-state index contributed by atoms with van der Waals surface area (Å²) in [6, 6.07) is 14.6. The second-order valence-corrected chi connectivity index (χ2v) is 11.7. The van der Waals surface area contributed by atoms with Gasteiger partial charge in [-0.1, -0.05) is 54.9 Å². The van der Waals surface area contributed by atoms with E-state index in [9.17, 15) is 9.59 Å². The van der Waals surface area contributed by atoms with Crippen molar-refractivity contribution in [3.63, 3.8) is 0 Å². The molecule has 1 aliphatic rings. The molecule has 2 N–H and O–H groups in total. The van der Waals surface area contributed by atoms with Gasteiger partial charge in [0, 0.05) is 14.9 Å². The van der Waals surface area contributed by atoms with Crippen LogP contribution in [0.5, 0.6) is 5.75 Å². The third-order valence-corrected chi connectivity index (χ3v) is 8.05. The van der Waals surface area contributed by atoms with Gasteiger partial charge < -0.3 is 15.4 Å². The van der Waals surface area contributed by atoms with Crippen molar-refractivity contribution in [1.29, 1.82) is 0 Å². The maximum absolute atomic E-state index is 13.6. The minimum atomic E-state index is -0.237. The molecule has 1 heterocycles. The molecule has 34 heavy (non-hydrogen) atoms. The van der Waals surface area contributed by atoms with Crippen molar-refractivity contribution < 1.29 is 14.3 Å². The van der Waals surface area contributed by atoms with Crippen LogP contribution in [-0.2, 0) is 12.8 Å². The number of anilines is 2. The van der Waals surface area contributed by atoms with Crippen LogP contribution < -0.4 is 15.4 Å². The molecule has 5 nitrogen and oxygen atoms in total. The van der Waals surface area contributed by atoms with E-state index in [0.717, 1.165) is 29.3 Å². The lowest BCUT2D eigenvalue weighted by Crippen LogP contribution is -2.27. The molecule has 2 amide bonds. The Morgan fingerprint density at radius 1 is 1.06 bits per heavy atom. The summed E-state index contributed by atoms with van der Waals surface area (Å²) in [6.07, 6.45) is 2.74. The smallest absolute Gasteiger partial charge is 0.259 e. The van der Waals surface area contributed by atoms with Crippen LogP contribution in [0.1, 0.15) is 58.3 Å². The van der Waals surface area contributed by atoms with Crippen LogP contribution in [0.15, 0.2) is 53.0 Å². The van der Waals surface area contributed by atoms with Crippen molar-refractivity contribution in [3.8, 4) is 5.75 Å². The molecule has 3 aromatic rings. The first-order valence-electron chi connectivity index (χ1n) is 11.3. The highest BCUT2D eigenvalue weighted by Gasteiger charge is 2.34. The molecule has 4 rings (SSSR count). The number of carbonyl (C=O) groups excluding carboxylic acids is 2. The molecule has 0 spiro atoms. The van der Waals surface area contributed by atoms with Gasteiger partial charge >= 0.3 is 0 Å². The SMILES string of the molecule is COc1ccccc1NC(=O)c1c(NC(=O)c2cccc(Br)c2)sc2c1CCC(C(C)(C)C)C2. The van der Waals surface area contributed by atoms with E-state index >= 15 is 0 Å². The zero-order chi connectivity index (χ0) is 24.5. The fourth-order valence-corrected chi connectivity index (χ4v) is 6.11. The first kappa shape index (κ1) is 24.5. The minimum Gasteiger partial charge on any atom is -0.495 e. The molecule has 0 saturated heterocycles. The number of halogens is 1. The number of ether oxygens (including phenoxy) is 1. The summed E-state index contributed by atoms with van der Waals surface area (Å²) in [5, 5.41) is 6.62. The summed E-state index contributed by atoms with van der Waals surface area (Å²) in [6.45, 7) is 6.80. The van der Waals surface area contributed by atoms with E-state index in [1.54, 1.807) is 19.2 Å². The molecular weight excluding hydrogens is 512 g/mol. The molecule has 0 bridgehead atoms. The van der Waals surface area contributed by atoms with Crippen LogP contribution in [0.25, 0.3) is 0 Å². The van der Waals surface area contributed by atoms with Gasteiger partial charge in [0.2, 0.25) is 0 Å². The highest BCUT2D eigenvalue weighted by molar-refractivity contribution is 9.10. The maximum Gasteiger partial charge on any atom is 0.259 e. The molecule has 2 aromatic carbocycles. The molecular formula is C27H29BrN2O3S. The summed E-state index contributed by atoms with van der Waals surface area (Å²) < 4.78 is 6.23. The Hall–Kier alpha value is -2.64. The van der Waals surface area contributed by atoms with Crippen LogP contribution in [0.2, 0.25) is 0 Å². The second kappa shape index (κ2) is 9.92. The number of para-hydroxylation sites is 2. The van der Waals surface area contributed by atoms with Crippen molar-refractivity contribution in [3.05, 3.63) is 74.6 Å². The van der Waals surface area contributed by atoms with E-state index in [0.29, 0.717) is 33.5 Å². The molecule has 1 atom stereocenters. The number of nitrogens with one attached hydrogen (secondary N) is 2. The molecule has 0 radical (unpaired) electrons. The molecule has 0 saturated carbocycles. The van der Waals surface area contributed by atoms with Crippen LogP contribution >= 0.6 is 27.3 Å². The fourth-order valence-electron chi connectivity index (χ4n) is 4.39. The maximum atomic E-state index is 13.6. The highest BCUT2D eigenvalue weighted by atomic mass is 79.9. The number of hydrogen-bond acceptors (Lipinski definition) is 4. The fraction of sp³-hybridized carbons (Fsp3) is 0.333. The molecule has 178 valence electrons. The first-order chi connectivity index (χ1) is 16.2. The lowest BCUT2D eigenvalue weighted by atomic mass is 9.72. The number of rotatable bonds is 5. The van der Waals surface area contributed by atoms with Gasteiger partial charge in [-0.3, -0.25) is 9.59 Å². The molecule has 1 unspecified atom stereocenters. The summed E-state index contributed by atoms with van der Waals surface area (Å²) in [4.78, 5) is 27.8. The lowest BCUT2D eigenvalue weighted by Gasteiger charge is -2.33. The van der Waals surface area contributed by atoms with Crippen LogP contribution in [0, 0.1) is 11.3 Å². The van der Waals surface area contributed by atoms with Gasteiger partial charge in [0.1, 0.15) is 10.8 Å². The number of thiophene rings is 1. The average molecular weight is 542 g/mol. The quantitative estimate of drug-likeness (QED) is 0.360. The van der Waals surface area contributed by atoms with Crippen LogP contribution in [0.4, 0.5) is 10.7 Å². The van der Waals surface area contributed by atoms with Crippen molar-refractivity contribution >= 4 is 49.8 Å². The molecule has 0 fully saturated rings. The van der Waals surface area contributed by atoms with Crippen molar-refractivity contribution in [2.75, 3.05) is 17.7 Å². The number of amides is 2. The molecule has 1 aromatic heterocycles. The number of carbonyl (C=O) groups is 2. The average Bonchev–Trinajstić information content (AvgIpc) is 3.16. The number of methoxy groups -OCH3 is 1. The van der Waals surface area contributed by atoms with Gasteiger partial charge in [0.25, 0.3) is 11.8 Å². The monoisotopic (exact) mass is 540 g/mol. The summed E-state index contributed by atoms with van der Waals surface area (Å²) >= 11 is 4.94. The summed E-state index contributed by atoms with van der Waals surface area (Å²) in [5.41, 5.74) is 2.91. The Bertz CT molecular complexity index is 1230. The Morgan fingerprint density at radius 3 is 2.53 bits per heavy atom. The van der Waals surface area contributed by atoms with E-state index in [1.165, 1.54) is 16.2 Å². The van der Waals surface area contributed by atoms with Gasteiger partial charge in [0.05, 0.1) is 18.4 Å². The highest BCUT2D eigenvalue weighted by Crippen LogP contribution is 2.44. The van der Waals surface area contributed by atoms with E-state index in [2.05, 4.69) is 47.3 Å². The van der Waals surface area contributed by atoms with Gasteiger partial charge in [-0.15, -0.1) is 11.3 Å². The number of fused-ring (bicyclic) bond motifs is 1. The zero-order valence-corrected chi connectivity index (χ0v) is 22.2.